The lowest BCUT2D eigenvalue weighted by Crippen LogP contribution is -2.55. The van der Waals surface area contributed by atoms with Crippen molar-refractivity contribution in [2.75, 3.05) is 6.61 Å². The average molecular weight is 252 g/mol. The summed E-state index contributed by atoms with van der Waals surface area (Å²) < 4.78 is 0. The molecule has 18 heavy (non-hydrogen) atoms. The van der Waals surface area contributed by atoms with Crippen LogP contribution in [0.4, 0.5) is 0 Å². The Balaban J connectivity index is 2.05. The molecule has 102 valence electrons. The number of hydrogen-bond donors (Lipinski definition) is 3. The predicted molar refractivity (Wildman–Crippen MR) is 68.8 cm³/mol. The SMILES string of the molecule is CC1(C)C[C@H]2[C@H](O)C(CO)=C3[C@@H](O)C[C@]3(C)[C@H]2C1. The van der Waals surface area contributed by atoms with Gasteiger partial charge in [0.25, 0.3) is 0 Å². The van der Waals surface area contributed by atoms with Crippen molar-refractivity contribution < 1.29 is 15.3 Å². The third kappa shape index (κ3) is 1.41. The Morgan fingerprint density at radius 3 is 2.33 bits per heavy atom. The zero-order chi connectivity index (χ0) is 13.3. The molecule has 0 aliphatic heterocycles. The summed E-state index contributed by atoms with van der Waals surface area (Å²) in [4.78, 5) is 0. The number of aliphatic hydroxyl groups is 3. The van der Waals surface area contributed by atoms with Gasteiger partial charge in [0.15, 0.2) is 0 Å². The molecule has 0 saturated heterocycles. The van der Waals surface area contributed by atoms with Gasteiger partial charge in [0.2, 0.25) is 0 Å². The molecule has 0 aromatic rings. The summed E-state index contributed by atoms with van der Waals surface area (Å²) in [6.45, 7) is 6.60. The van der Waals surface area contributed by atoms with Crippen molar-refractivity contribution in [1.82, 2.24) is 0 Å². The van der Waals surface area contributed by atoms with Crippen molar-refractivity contribution in [1.29, 1.82) is 0 Å². The first-order valence-corrected chi connectivity index (χ1v) is 7.00. The van der Waals surface area contributed by atoms with Gasteiger partial charge in [-0.25, -0.2) is 0 Å². The van der Waals surface area contributed by atoms with E-state index in [1.807, 2.05) is 0 Å². The van der Waals surface area contributed by atoms with Crippen molar-refractivity contribution in [3.05, 3.63) is 11.1 Å². The molecule has 3 rings (SSSR count). The molecule has 2 saturated carbocycles. The summed E-state index contributed by atoms with van der Waals surface area (Å²) >= 11 is 0. The van der Waals surface area contributed by atoms with Crippen LogP contribution >= 0.6 is 0 Å². The van der Waals surface area contributed by atoms with Crippen LogP contribution in [0.25, 0.3) is 0 Å². The highest BCUT2D eigenvalue weighted by molar-refractivity contribution is 5.41. The van der Waals surface area contributed by atoms with Gasteiger partial charge in [-0.3, -0.25) is 0 Å². The minimum atomic E-state index is -0.556. The Bertz CT molecular complexity index is 412. The molecule has 0 aromatic carbocycles. The first-order valence-electron chi connectivity index (χ1n) is 7.00. The molecule has 0 bridgehead atoms. The van der Waals surface area contributed by atoms with Gasteiger partial charge in [-0.15, -0.1) is 0 Å². The van der Waals surface area contributed by atoms with Crippen molar-refractivity contribution >= 4 is 0 Å². The molecule has 0 radical (unpaired) electrons. The Hall–Kier alpha value is -0.380. The molecule has 3 N–H and O–H groups in total. The first kappa shape index (κ1) is 12.6. The van der Waals surface area contributed by atoms with Gasteiger partial charge in [-0.2, -0.15) is 0 Å². The molecule has 0 spiro atoms. The highest BCUT2D eigenvalue weighted by Gasteiger charge is 2.61. The molecule has 0 unspecified atom stereocenters. The lowest BCUT2D eigenvalue weighted by Gasteiger charge is -2.57. The fourth-order valence-corrected chi connectivity index (χ4v) is 5.03. The summed E-state index contributed by atoms with van der Waals surface area (Å²) in [5.74, 6) is 0.708. The van der Waals surface area contributed by atoms with Crippen LogP contribution in [0.1, 0.15) is 40.0 Å². The second kappa shape index (κ2) is 3.59. The van der Waals surface area contributed by atoms with Crippen LogP contribution < -0.4 is 0 Å². The molecular weight excluding hydrogens is 228 g/mol. The Morgan fingerprint density at radius 2 is 1.78 bits per heavy atom. The van der Waals surface area contributed by atoms with Gasteiger partial charge < -0.3 is 15.3 Å². The normalized spacial score (nSPS) is 49.7. The highest BCUT2D eigenvalue weighted by atomic mass is 16.3. The summed E-state index contributed by atoms with van der Waals surface area (Å²) in [5, 5.41) is 30.0. The smallest absolute Gasteiger partial charge is 0.0807 e. The second-order valence-electron chi connectivity index (χ2n) is 7.52. The molecule has 5 atom stereocenters. The van der Waals surface area contributed by atoms with Crippen LogP contribution in [-0.2, 0) is 0 Å². The van der Waals surface area contributed by atoms with Crippen LogP contribution in [0.15, 0.2) is 11.1 Å². The third-order valence-corrected chi connectivity index (χ3v) is 5.74. The fourth-order valence-electron chi connectivity index (χ4n) is 5.03. The molecule has 0 heterocycles. The summed E-state index contributed by atoms with van der Waals surface area (Å²) in [7, 11) is 0. The largest absolute Gasteiger partial charge is 0.392 e. The zero-order valence-electron chi connectivity index (χ0n) is 11.5. The molecule has 3 aliphatic carbocycles. The van der Waals surface area contributed by atoms with Crippen LogP contribution in [0, 0.1) is 22.7 Å². The van der Waals surface area contributed by atoms with E-state index in [2.05, 4.69) is 20.8 Å². The second-order valence-corrected chi connectivity index (χ2v) is 7.52. The number of fused-ring (bicyclic) bond motifs is 3. The summed E-state index contributed by atoms with van der Waals surface area (Å²) in [6.07, 6.45) is 1.91. The van der Waals surface area contributed by atoms with Crippen molar-refractivity contribution in [3.8, 4) is 0 Å². The monoisotopic (exact) mass is 252 g/mol. The van der Waals surface area contributed by atoms with E-state index in [0.717, 1.165) is 24.8 Å². The van der Waals surface area contributed by atoms with Crippen LogP contribution in [0.3, 0.4) is 0 Å². The number of rotatable bonds is 1. The van der Waals surface area contributed by atoms with Crippen molar-refractivity contribution in [2.45, 2.75) is 52.2 Å². The minimum absolute atomic E-state index is 0.00907. The van der Waals surface area contributed by atoms with Gasteiger partial charge in [-0.1, -0.05) is 20.8 Å². The lowest BCUT2D eigenvalue weighted by molar-refractivity contribution is -0.0451. The molecule has 3 nitrogen and oxygen atoms in total. The number of hydrogen-bond acceptors (Lipinski definition) is 3. The Labute approximate surface area is 109 Å². The zero-order valence-corrected chi connectivity index (χ0v) is 11.5. The minimum Gasteiger partial charge on any atom is -0.392 e. The average Bonchev–Trinajstić information content (AvgIpc) is 2.60. The number of aliphatic hydroxyl groups excluding tert-OH is 3. The van der Waals surface area contributed by atoms with Crippen molar-refractivity contribution in [3.63, 3.8) is 0 Å². The van der Waals surface area contributed by atoms with E-state index >= 15 is 0 Å². The van der Waals surface area contributed by atoms with Crippen LogP contribution in [0.5, 0.6) is 0 Å². The lowest BCUT2D eigenvalue weighted by atomic mass is 9.49. The maximum Gasteiger partial charge on any atom is 0.0807 e. The molecule has 0 aromatic heterocycles. The molecule has 3 heteroatoms. The van der Waals surface area contributed by atoms with E-state index in [1.54, 1.807) is 0 Å². The maximum absolute atomic E-state index is 10.5. The van der Waals surface area contributed by atoms with E-state index in [4.69, 9.17) is 0 Å². The van der Waals surface area contributed by atoms with Gasteiger partial charge in [0, 0.05) is 0 Å². The van der Waals surface area contributed by atoms with E-state index in [-0.39, 0.29) is 23.4 Å². The summed E-state index contributed by atoms with van der Waals surface area (Å²) in [6, 6.07) is 0. The van der Waals surface area contributed by atoms with Gasteiger partial charge >= 0.3 is 0 Å². The van der Waals surface area contributed by atoms with E-state index < -0.39 is 12.2 Å². The van der Waals surface area contributed by atoms with Gasteiger partial charge in [0.05, 0.1) is 18.8 Å². The quantitative estimate of drug-likeness (QED) is 0.619. The summed E-state index contributed by atoms with van der Waals surface area (Å²) in [5.41, 5.74) is 1.91. The van der Waals surface area contributed by atoms with Crippen LogP contribution in [-0.4, -0.2) is 34.1 Å². The maximum atomic E-state index is 10.5. The molecule has 2 fully saturated rings. The topological polar surface area (TPSA) is 60.7 Å². The van der Waals surface area contributed by atoms with Gasteiger partial charge in [0.1, 0.15) is 0 Å². The Morgan fingerprint density at radius 1 is 1.11 bits per heavy atom. The standard InChI is InChI=1S/C15H24O3/c1-14(2)4-8-10(5-14)15(3)6-11(17)12(15)9(7-16)13(8)18/h8,10-11,13,16-18H,4-7H2,1-3H3/t8-,10+,11+,13+,15-/m1/s1. The predicted octanol–water partition coefficient (Wildman–Crippen LogP) is 1.47. The van der Waals surface area contributed by atoms with Crippen LogP contribution in [0.2, 0.25) is 0 Å². The first-order chi connectivity index (χ1) is 8.30. The van der Waals surface area contributed by atoms with Crippen molar-refractivity contribution in [2.24, 2.45) is 22.7 Å². The fraction of sp³-hybridized carbons (Fsp3) is 0.867. The van der Waals surface area contributed by atoms with Gasteiger partial charge in [-0.05, 0) is 53.1 Å². The third-order valence-electron chi connectivity index (χ3n) is 5.74. The van der Waals surface area contributed by atoms with E-state index in [9.17, 15) is 15.3 Å². The van der Waals surface area contributed by atoms with E-state index in [0.29, 0.717) is 11.5 Å². The molecule has 0 amide bonds. The Kier molecular flexibility index (Phi) is 2.52. The van der Waals surface area contributed by atoms with E-state index in [1.165, 1.54) is 0 Å². The molecule has 3 aliphatic rings. The highest BCUT2D eigenvalue weighted by Crippen LogP contribution is 2.66. The molecular formula is C15H24O3.